The fourth-order valence-corrected chi connectivity index (χ4v) is 2.19. The second kappa shape index (κ2) is 7.67. The molecule has 1 aromatic carbocycles. The van der Waals surface area contributed by atoms with Crippen molar-refractivity contribution in [3.8, 4) is 0 Å². The van der Waals surface area contributed by atoms with Crippen LogP contribution in [0, 0.1) is 0 Å². The van der Waals surface area contributed by atoms with E-state index in [0.29, 0.717) is 4.99 Å². The molecule has 1 rings (SSSR count). The molecule has 1 aromatic rings. The first-order chi connectivity index (χ1) is 8.15. The van der Waals surface area contributed by atoms with Gasteiger partial charge in [-0.25, -0.2) is 0 Å². The van der Waals surface area contributed by atoms with Crippen LogP contribution in [0.1, 0.15) is 38.2 Å². The minimum atomic E-state index is 0.438. The van der Waals surface area contributed by atoms with Gasteiger partial charge in [0.25, 0.3) is 0 Å². The lowest BCUT2D eigenvalue weighted by Gasteiger charge is -2.11. The summed E-state index contributed by atoms with van der Waals surface area (Å²) in [5.41, 5.74) is 7.63. The molecule has 0 aliphatic heterocycles. The second-order valence-electron chi connectivity index (χ2n) is 4.04. The van der Waals surface area contributed by atoms with E-state index in [4.69, 9.17) is 18.0 Å². The third kappa shape index (κ3) is 5.04. The molecule has 17 heavy (non-hydrogen) atoms. The zero-order valence-electron chi connectivity index (χ0n) is 10.1. The molecule has 3 N–H and O–H groups in total. The topological polar surface area (TPSA) is 38.0 Å². The number of unbranched alkanes of at least 4 members (excludes halogenated alkanes) is 3. The number of hydrogen-bond acceptors (Lipinski definition) is 2. The fourth-order valence-electron chi connectivity index (χ4n) is 1.65. The van der Waals surface area contributed by atoms with Crippen molar-refractivity contribution in [3.05, 3.63) is 28.2 Å². The van der Waals surface area contributed by atoms with Crippen molar-refractivity contribution in [1.29, 1.82) is 0 Å². The van der Waals surface area contributed by atoms with E-state index >= 15 is 0 Å². The third-order valence-corrected chi connectivity index (χ3v) is 3.31. The van der Waals surface area contributed by atoms with Gasteiger partial charge in [-0.05, 0) is 24.6 Å². The van der Waals surface area contributed by atoms with Crippen LogP contribution in [0.25, 0.3) is 0 Å². The average molecular weight is 315 g/mol. The zero-order chi connectivity index (χ0) is 12.7. The lowest BCUT2D eigenvalue weighted by molar-refractivity contribution is 0.685. The number of nitrogens with one attached hydrogen (secondary N) is 1. The van der Waals surface area contributed by atoms with Gasteiger partial charge in [-0.3, -0.25) is 0 Å². The Morgan fingerprint density at radius 2 is 2.12 bits per heavy atom. The van der Waals surface area contributed by atoms with Gasteiger partial charge < -0.3 is 11.1 Å². The van der Waals surface area contributed by atoms with E-state index in [1.807, 2.05) is 18.2 Å². The first kappa shape index (κ1) is 14.5. The minimum absolute atomic E-state index is 0.438. The standard InChI is InChI=1S/C13H19BrN2S/c1-2-3-4-5-8-16-12-9-10(14)6-7-11(12)13(15)17/h6-7,9,16H,2-5,8H2,1H3,(H2,15,17). The molecule has 0 bridgehead atoms. The maximum absolute atomic E-state index is 5.69. The summed E-state index contributed by atoms with van der Waals surface area (Å²) in [6, 6.07) is 5.92. The molecule has 0 saturated heterocycles. The van der Waals surface area contributed by atoms with Gasteiger partial charge in [-0.2, -0.15) is 0 Å². The summed E-state index contributed by atoms with van der Waals surface area (Å²) in [5.74, 6) is 0. The van der Waals surface area contributed by atoms with Crippen molar-refractivity contribution >= 4 is 38.8 Å². The van der Waals surface area contributed by atoms with Gasteiger partial charge in [0.15, 0.2) is 0 Å². The summed E-state index contributed by atoms with van der Waals surface area (Å²) in [6.07, 6.45) is 4.99. The van der Waals surface area contributed by atoms with E-state index in [1.54, 1.807) is 0 Å². The lowest BCUT2D eigenvalue weighted by atomic mass is 10.1. The monoisotopic (exact) mass is 314 g/mol. The Balaban J connectivity index is 2.56. The number of anilines is 1. The Bertz CT molecular complexity index is 380. The number of nitrogens with two attached hydrogens (primary N) is 1. The molecule has 94 valence electrons. The van der Waals surface area contributed by atoms with Gasteiger partial charge in [0.1, 0.15) is 4.99 Å². The summed E-state index contributed by atoms with van der Waals surface area (Å²) in [6.45, 7) is 3.18. The van der Waals surface area contributed by atoms with Gasteiger partial charge >= 0.3 is 0 Å². The molecule has 0 spiro atoms. The molecule has 0 heterocycles. The summed E-state index contributed by atoms with van der Waals surface area (Å²) < 4.78 is 1.04. The zero-order valence-corrected chi connectivity index (χ0v) is 12.5. The van der Waals surface area contributed by atoms with Crippen LogP contribution in [0.3, 0.4) is 0 Å². The number of benzene rings is 1. The largest absolute Gasteiger partial charge is 0.389 e. The van der Waals surface area contributed by atoms with Gasteiger partial charge in [-0.15, -0.1) is 0 Å². The molecule has 4 heteroatoms. The molecule has 2 nitrogen and oxygen atoms in total. The molecular weight excluding hydrogens is 296 g/mol. The van der Waals surface area contributed by atoms with E-state index < -0.39 is 0 Å². The predicted octanol–water partition coefficient (Wildman–Crippen LogP) is 4.08. The molecule has 0 unspecified atom stereocenters. The Hall–Kier alpha value is -0.610. The van der Waals surface area contributed by atoms with Crippen LogP contribution in [0.4, 0.5) is 5.69 Å². The molecule has 0 saturated carbocycles. The fraction of sp³-hybridized carbons (Fsp3) is 0.462. The van der Waals surface area contributed by atoms with E-state index in [2.05, 4.69) is 28.2 Å². The van der Waals surface area contributed by atoms with Gasteiger partial charge in [0, 0.05) is 22.3 Å². The van der Waals surface area contributed by atoms with E-state index in [1.165, 1.54) is 25.7 Å². The van der Waals surface area contributed by atoms with Crippen molar-refractivity contribution in [2.45, 2.75) is 32.6 Å². The van der Waals surface area contributed by atoms with Crippen molar-refractivity contribution in [1.82, 2.24) is 0 Å². The van der Waals surface area contributed by atoms with Crippen LogP contribution in [-0.4, -0.2) is 11.5 Å². The summed E-state index contributed by atoms with van der Waals surface area (Å²) in [4.78, 5) is 0.438. The van der Waals surface area contributed by atoms with Gasteiger partial charge in [0.05, 0.1) is 0 Å². The maximum atomic E-state index is 5.69. The summed E-state index contributed by atoms with van der Waals surface area (Å²) in [5, 5.41) is 3.40. The van der Waals surface area contributed by atoms with Crippen molar-refractivity contribution in [2.24, 2.45) is 5.73 Å². The predicted molar refractivity (Wildman–Crippen MR) is 82.7 cm³/mol. The number of rotatable bonds is 7. The Labute approximate surface area is 117 Å². The maximum Gasteiger partial charge on any atom is 0.106 e. The van der Waals surface area contributed by atoms with Crippen molar-refractivity contribution in [2.75, 3.05) is 11.9 Å². The Kier molecular flexibility index (Phi) is 6.52. The second-order valence-corrected chi connectivity index (χ2v) is 5.40. The van der Waals surface area contributed by atoms with Crippen LogP contribution in [-0.2, 0) is 0 Å². The quantitative estimate of drug-likeness (QED) is 0.588. The molecule has 0 aliphatic rings. The molecule has 0 aromatic heterocycles. The molecule has 0 amide bonds. The number of halogens is 1. The Morgan fingerprint density at radius 3 is 2.76 bits per heavy atom. The lowest BCUT2D eigenvalue weighted by Crippen LogP contribution is -2.13. The van der Waals surface area contributed by atoms with Crippen LogP contribution >= 0.6 is 28.1 Å². The van der Waals surface area contributed by atoms with Crippen molar-refractivity contribution < 1.29 is 0 Å². The number of thiocarbonyl (C=S) groups is 1. The van der Waals surface area contributed by atoms with E-state index in [-0.39, 0.29) is 0 Å². The molecule has 0 radical (unpaired) electrons. The normalized spacial score (nSPS) is 10.2. The Morgan fingerprint density at radius 1 is 1.35 bits per heavy atom. The van der Waals surface area contributed by atoms with Crippen LogP contribution < -0.4 is 11.1 Å². The van der Waals surface area contributed by atoms with Crippen LogP contribution in [0.2, 0.25) is 0 Å². The van der Waals surface area contributed by atoms with Gasteiger partial charge in [-0.1, -0.05) is 54.3 Å². The van der Waals surface area contributed by atoms with E-state index in [9.17, 15) is 0 Å². The first-order valence-electron chi connectivity index (χ1n) is 5.98. The summed E-state index contributed by atoms with van der Waals surface area (Å²) >= 11 is 8.49. The first-order valence-corrected chi connectivity index (χ1v) is 7.18. The molecule has 0 atom stereocenters. The highest BCUT2D eigenvalue weighted by molar-refractivity contribution is 9.10. The highest BCUT2D eigenvalue weighted by Gasteiger charge is 2.05. The highest BCUT2D eigenvalue weighted by Crippen LogP contribution is 2.21. The average Bonchev–Trinajstić information content (AvgIpc) is 2.28. The van der Waals surface area contributed by atoms with E-state index in [0.717, 1.165) is 22.3 Å². The van der Waals surface area contributed by atoms with Crippen molar-refractivity contribution in [3.63, 3.8) is 0 Å². The SMILES string of the molecule is CCCCCCNc1cc(Br)ccc1C(N)=S. The third-order valence-electron chi connectivity index (χ3n) is 2.59. The molecule has 0 aliphatic carbocycles. The number of hydrogen-bond donors (Lipinski definition) is 2. The summed E-state index contributed by atoms with van der Waals surface area (Å²) in [7, 11) is 0. The van der Waals surface area contributed by atoms with Crippen LogP contribution in [0.15, 0.2) is 22.7 Å². The van der Waals surface area contributed by atoms with Gasteiger partial charge in [0.2, 0.25) is 0 Å². The smallest absolute Gasteiger partial charge is 0.106 e. The minimum Gasteiger partial charge on any atom is -0.389 e. The highest BCUT2D eigenvalue weighted by atomic mass is 79.9. The molecular formula is C13H19BrN2S. The van der Waals surface area contributed by atoms with Crippen LogP contribution in [0.5, 0.6) is 0 Å². The molecule has 0 fully saturated rings.